The molecule has 1 atom stereocenters. The first kappa shape index (κ1) is 15.7. The molecule has 0 aliphatic rings. The highest BCUT2D eigenvalue weighted by Crippen LogP contribution is 2.31. The maximum absolute atomic E-state index is 6.42. The Bertz CT molecular complexity index is 598. The second kappa shape index (κ2) is 6.86. The summed E-state index contributed by atoms with van der Waals surface area (Å²) in [6, 6.07) is 11.4. The van der Waals surface area contributed by atoms with Gasteiger partial charge in [0.2, 0.25) is 0 Å². The van der Waals surface area contributed by atoms with Crippen LogP contribution >= 0.6 is 69.0 Å². The summed E-state index contributed by atoms with van der Waals surface area (Å²) >= 11 is 26.6. The van der Waals surface area contributed by atoms with Gasteiger partial charge in [0.05, 0.1) is 20.4 Å². The van der Waals surface area contributed by atoms with Crippen LogP contribution in [0, 0.1) is 3.57 Å². The zero-order valence-electron chi connectivity index (χ0n) is 9.64. The highest BCUT2D eigenvalue weighted by molar-refractivity contribution is 14.1. The Balaban J connectivity index is 2.17. The van der Waals surface area contributed by atoms with Gasteiger partial charge < -0.3 is 0 Å². The topological polar surface area (TPSA) is 0 Å². The molecule has 5 heteroatoms. The molecule has 2 aromatic carbocycles. The van der Waals surface area contributed by atoms with Crippen molar-refractivity contribution in [2.45, 2.75) is 11.8 Å². The van der Waals surface area contributed by atoms with E-state index in [1.807, 2.05) is 30.3 Å². The Kier molecular flexibility index (Phi) is 5.67. The second-order valence-electron chi connectivity index (χ2n) is 4.09. The smallest absolute Gasteiger partial charge is 0.0626 e. The van der Waals surface area contributed by atoms with E-state index < -0.39 is 0 Å². The summed E-state index contributed by atoms with van der Waals surface area (Å²) in [4.78, 5) is 0. The van der Waals surface area contributed by atoms with Gasteiger partial charge in [-0.25, -0.2) is 0 Å². The minimum absolute atomic E-state index is 0.147. The lowest BCUT2D eigenvalue weighted by molar-refractivity contribution is 0.919. The van der Waals surface area contributed by atoms with Crippen molar-refractivity contribution >= 4 is 69.0 Å². The summed E-state index contributed by atoms with van der Waals surface area (Å²) in [6.45, 7) is 0. The predicted octanol–water partition coefficient (Wildman–Crippen LogP) is 6.77. The van der Waals surface area contributed by atoms with Crippen LogP contribution in [0.15, 0.2) is 36.4 Å². The van der Waals surface area contributed by atoms with Gasteiger partial charge in [0.1, 0.15) is 0 Å². The number of alkyl halides is 1. The van der Waals surface area contributed by atoms with Crippen LogP contribution in [-0.4, -0.2) is 0 Å². The van der Waals surface area contributed by atoms with Crippen molar-refractivity contribution < 1.29 is 0 Å². The summed E-state index contributed by atoms with van der Waals surface area (Å²) in [6.07, 6.45) is 0.676. The van der Waals surface area contributed by atoms with Crippen LogP contribution < -0.4 is 0 Å². The van der Waals surface area contributed by atoms with Crippen LogP contribution in [-0.2, 0) is 6.42 Å². The van der Waals surface area contributed by atoms with Crippen molar-refractivity contribution in [2.24, 2.45) is 0 Å². The SMILES string of the molecule is Clc1ccc(CC(Cl)c2ccc(I)c(Cl)c2)cc1Cl. The summed E-state index contributed by atoms with van der Waals surface area (Å²) in [7, 11) is 0. The van der Waals surface area contributed by atoms with Gasteiger partial charge in [-0.15, -0.1) is 11.6 Å². The predicted molar refractivity (Wildman–Crippen MR) is 92.9 cm³/mol. The minimum atomic E-state index is -0.147. The van der Waals surface area contributed by atoms with E-state index in [0.29, 0.717) is 16.5 Å². The van der Waals surface area contributed by atoms with Gasteiger partial charge in [-0.1, -0.05) is 46.9 Å². The average molecular weight is 446 g/mol. The number of benzene rings is 2. The molecule has 0 spiro atoms. The fourth-order valence-electron chi connectivity index (χ4n) is 1.70. The van der Waals surface area contributed by atoms with Crippen LogP contribution in [0.3, 0.4) is 0 Å². The number of rotatable bonds is 3. The molecule has 0 aromatic heterocycles. The molecule has 0 bridgehead atoms. The van der Waals surface area contributed by atoms with Crippen LogP contribution in [0.5, 0.6) is 0 Å². The molecule has 0 amide bonds. The van der Waals surface area contributed by atoms with Crippen molar-refractivity contribution in [2.75, 3.05) is 0 Å². The molecule has 19 heavy (non-hydrogen) atoms. The monoisotopic (exact) mass is 444 g/mol. The Morgan fingerprint density at radius 1 is 0.895 bits per heavy atom. The van der Waals surface area contributed by atoms with Gasteiger partial charge in [-0.3, -0.25) is 0 Å². The molecular formula is C14H9Cl4I. The maximum Gasteiger partial charge on any atom is 0.0626 e. The first-order chi connectivity index (χ1) is 8.97. The third kappa shape index (κ3) is 4.15. The Labute approximate surface area is 146 Å². The number of hydrogen-bond acceptors (Lipinski definition) is 0. The molecule has 0 nitrogen and oxygen atoms in total. The molecule has 0 N–H and O–H groups in total. The highest BCUT2D eigenvalue weighted by atomic mass is 127. The number of halogens is 5. The zero-order valence-corrected chi connectivity index (χ0v) is 14.8. The van der Waals surface area contributed by atoms with E-state index in [1.165, 1.54) is 0 Å². The van der Waals surface area contributed by atoms with Gasteiger partial charge in [0, 0.05) is 3.57 Å². The fourth-order valence-corrected chi connectivity index (χ4v) is 2.86. The van der Waals surface area contributed by atoms with Gasteiger partial charge in [0.25, 0.3) is 0 Å². The van der Waals surface area contributed by atoms with E-state index in [9.17, 15) is 0 Å². The molecular weight excluding hydrogens is 437 g/mol. The molecule has 2 aromatic rings. The molecule has 0 radical (unpaired) electrons. The third-order valence-corrected chi connectivity index (χ3v) is 5.42. The van der Waals surface area contributed by atoms with Crippen molar-refractivity contribution in [1.29, 1.82) is 0 Å². The lowest BCUT2D eigenvalue weighted by Gasteiger charge is -2.11. The Morgan fingerprint density at radius 2 is 1.63 bits per heavy atom. The normalized spacial score (nSPS) is 12.5. The van der Waals surface area contributed by atoms with Crippen LogP contribution in [0.1, 0.15) is 16.5 Å². The Morgan fingerprint density at radius 3 is 2.26 bits per heavy atom. The molecule has 0 saturated heterocycles. The van der Waals surface area contributed by atoms with E-state index in [4.69, 9.17) is 46.4 Å². The van der Waals surface area contributed by atoms with E-state index in [-0.39, 0.29) is 5.38 Å². The quantitative estimate of drug-likeness (QED) is 0.361. The lowest BCUT2D eigenvalue weighted by atomic mass is 10.0. The first-order valence-electron chi connectivity index (χ1n) is 5.50. The molecule has 0 heterocycles. The van der Waals surface area contributed by atoms with E-state index in [1.54, 1.807) is 6.07 Å². The van der Waals surface area contributed by atoms with Crippen molar-refractivity contribution in [3.05, 3.63) is 66.2 Å². The zero-order chi connectivity index (χ0) is 14.0. The van der Waals surface area contributed by atoms with Crippen LogP contribution in [0.25, 0.3) is 0 Å². The summed E-state index contributed by atoms with van der Waals surface area (Å²) < 4.78 is 1.02. The molecule has 1 unspecified atom stereocenters. The summed E-state index contributed by atoms with van der Waals surface area (Å²) in [5.74, 6) is 0. The molecule has 100 valence electrons. The first-order valence-corrected chi connectivity index (χ1v) is 8.15. The third-order valence-electron chi connectivity index (χ3n) is 2.70. The average Bonchev–Trinajstić information content (AvgIpc) is 2.37. The maximum atomic E-state index is 6.42. The highest BCUT2D eigenvalue weighted by Gasteiger charge is 2.11. The lowest BCUT2D eigenvalue weighted by Crippen LogP contribution is -1.96. The van der Waals surface area contributed by atoms with Crippen LogP contribution in [0.4, 0.5) is 0 Å². The molecule has 0 aliphatic heterocycles. The van der Waals surface area contributed by atoms with Gasteiger partial charge in [-0.05, 0) is 64.4 Å². The van der Waals surface area contributed by atoms with Gasteiger partial charge >= 0.3 is 0 Å². The minimum Gasteiger partial charge on any atom is -0.117 e. The Hall–Kier alpha value is 0.330. The van der Waals surface area contributed by atoms with Crippen molar-refractivity contribution in [3.8, 4) is 0 Å². The van der Waals surface area contributed by atoms with Gasteiger partial charge in [0.15, 0.2) is 0 Å². The standard InChI is InChI=1S/C14H9Cl4I/c15-10-3-1-8(6-12(10)17)5-11(16)9-2-4-14(19)13(18)7-9/h1-4,6-7,11H,5H2. The van der Waals surface area contributed by atoms with Crippen molar-refractivity contribution in [1.82, 2.24) is 0 Å². The summed E-state index contributed by atoms with van der Waals surface area (Å²) in [5, 5.41) is 1.67. The molecule has 2 rings (SSSR count). The van der Waals surface area contributed by atoms with E-state index in [0.717, 1.165) is 19.7 Å². The summed E-state index contributed by atoms with van der Waals surface area (Å²) in [5.41, 5.74) is 2.04. The van der Waals surface area contributed by atoms with E-state index >= 15 is 0 Å². The second-order valence-corrected chi connectivity index (χ2v) is 7.00. The molecule has 0 aliphatic carbocycles. The van der Waals surface area contributed by atoms with E-state index in [2.05, 4.69) is 22.6 Å². The number of hydrogen-bond donors (Lipinski definition) is 0. The van der Waals surface area contributed by atoms with Crippen molar-refractivity contribution in [3.63, 3.8) is 0 Å². The fraction of sp³-hybridized carbons (Fsp3) is 0.143. The molecule has 0 fully saturated rings. The van der Waals surface area contributed by atoms with Crippen LogP contribution in [0.2, 0.25) is 15.1 Å². The van der Waals surface area contributed by atoms with Gasteiger partial charge in [-0.2, -0.15) is 0 Å². The molecule has 0 saturated carbocycles. The largest absolute Gasteiger partial charge is 0.117 e.